The van der Waals surface area contributed by atoms with Crippen LogP contribution < -0.4 is 10.6 Å². The van der Waals surface area contributed by atoms with E-state index < -0.39 is 0 Å². The van der Waals surface area contributed by atoms with Crippen molar-refractivity contribution in [2.45, 2.75) is 40.5 Å². The molecule has 0 saturated heterocycles. The number of nitrogens with one attached hydrogen (secondary N) is 3. The molecule has 2 aromatic heterocycles. The van der Waals surface area contributed by atoms with Crippen LogP contribution in [-0.2, 0) is 12.8 Å². The zero-order valence-corrected chi connectivity index (χ0v) is 16.6. The largest absolute Gasteiger partial charge is 0.361 e. The first-order valence-electron chi connectivity index (χ1n) is 9.59. The van der Waals surface area contributed by atoms with Crippen molar-refractivity contribution >= 4 is 16.9 Å². The molecule has 0 saturated carbocycles. The number of guanidine groups is 1. The van der Waals surface area contributed by atoms with Gasteiger partial charge >= 0.3 is 0 Å². The summed E-state index contributed by atoms with van der Waals surface area (Å²) in [6.07, 6.45) is 3.89. The summed E-state index contributed by atoms with van der Waals surface area (Å²) in [7, 11) is 0. The zero-order valence-electron chi connectivity index (χ0n) is 16.6. The quantitative estimate of drug-likeness (QED) is 0.442. The molecule has 0 aliphatic heterocycles. The molecule has 0 amide bonds. The standard InChI is InChI=1S/C21H29N5O/c1-5-22-21(24-12-10-18-15(3)26-27-16(18)4)23-11-9-17-13-25-20-14(2)7-6-8-19(17)20/h6-8,13,25H,5,9-12H2,1-4H3,(H2,22,23,24). The van der Waals surface area contributed by atoms with Crippen molar-refractivity contribution < 1.29 is 4.52 Å². The molecule has 0 spiro atoms. The van der Waals surface area contributed by atoms with Gasteiger partial charge in [-0.2, -0.15) is 0 Å². The Morgan fingerprint density at radius 3 is 2.78 bits per heavy atom. The maximum Gasteiger partial charge on any atom is 0.191 e. The van der Waals surface area contributed by atoms with Gasteiger partial charge in [-0.25, -0.2) is 0 Å². The maximum absolute atomic E-state index is 5.22. The zero-order chi connectivity index (χ0) is 19.2. The molecule has 3 N–H and O–H groups in total. The predicted octanol–water partition coefficient (Wildman–Crippen LogP) is 3.42. The molecule has 2 heterocycles. The van der Waals surface area contributed by atoms with Gasteiger partial charge in [0.25, 0.3) is 0 Å². The van der Waals surface area contributed by atoms with Crippen LogP contribution in [0.25, 0.3) is 10.9 Å². The van der Waals surface area contributed by atoms with E-state index in [0.717, 1.165) is 48.9 Å². The van der Waals surface area contributed by atoms with Crippen molar-refractivity contribution in [1.82, 2.24) is 20.8 Å². The molecule has 0 fully saturated rings. The van der Waals surface area contributed by atoms with Gasteiger partial charge in [-0.1, -0.05) is 23.4 Å². The van der Waals surface area contributed by atoms with Crippen LogP contribution in [0.15, 0.2) is 33.9 Å². The van der Waals surface area contributed by atoms with Crippen LogP contribution in [-0.4, -0.2) is 35.7 Å². The predicted molar refractivity (Wildman–Crippen MR) is 110 cm³/mol. The van der Waals surface area contributed by atoms with Gasteiger partial charge in [0, 0.05) is 42.3 Å². The number of para-hydroxylation sites is 1. The topological polar surface area (TPSA) is 78.2 Å². The van der Waals surface area contributed by atoms with Gasteiger partial charge in [-0.3, -0.25) is 4.99 Å². The maximum atomic E-state index is 5.22. The number of aromatic nitrogens is 2. The summed E-state index contributed by atoms with van der Waals surface area (Å²) in [6, 6.07) is 6.43. The molecular formula is C21H29N5O. The van der Waals surface area contributed by atoms with Gasteiger partial charge in [0.1, 0.15) is 5.76 Å². The fraction of sp³-hybridized carbons (Fsp3) is 0.429. The van der Waals surface area contributed by atoms with E-state index in [-0.39, 0.29) is 0 Å². The smallest absolute Gasteiger partial charge is 0.191 e. The molecule has 0 aliphatic carbocycles. The fourth-order valence-electron chi connectivity index (χ4n) is 3.37. The highest BCUT2D eigenvalue weighted by Gasteiger charge is 2.08. The Kier molecular flexibility index (Phi) is 6.16. The molecule has 3 aromatic rings. The minimum atomic E-state index is 0.699. The molecule has 6 nitrogen and oxygen atoms in total. The van der Waals surface area contributed by atoms with E-state index in [2.05, 4.69) is 64.0 Å². The van der Waals surface area contributed by atoms with Crippen molar-refractivity contribution in [3.8, 4) is 0 Å². The molecule has 0 radical (unpaired) electrons. The van der Waals surface area contributed by atoms with E-state index in [0.29, 0.717) is 6.54 Å². The molecule has 0 unspecified atom stereocenters. The third-order valence-corrected chi connectivity index (χ3v) is 4.85. The second kappa shape index (κ2) is 8.75. The van der Waals surface area contributed by atoms with Gasteiger partial charge in [0.2, 0.25) is 0 Å². The number of aromatic amines is 1. The Morgan fingerprint density at radius 2 is 2.04 bits per heavy atom. The number of rotatable bonds is 7. The minimum Gasteiger partial charge on any atom is -0.361 e. The van der Waals surface area contributed by atoms with Crippen molar-refractivity contribution in [3.63, 3.8) is 0 Å². The molecule has 0 atom stereocenters. The number of hydrogen-bond donors (Lipinski definition) is 3. The molecule has 0 aliphatic rings. The second-order valence-electron chi connectivity index (χ2n) is 6.80. The van der Waals surface area contributed by atoms with Gasteiger partial charge < -0.3 is 20.1 Å². The van der Waals surface area contributed by atoms with Crippen LogP contribution in [0.3, 0.4) is 0 Å². The molecular weight excluding hydrogens is 338 g/mol. The summed E-state index contributed by atoms with van der Waals surface area (Å²) in [6.45, 7) is 10.5. The van der Waals surface area contributed by atoms with Crippen LogP contribution in [0.5, 0.6) is 0 Å². The summed E-state index contributed by atoms with van der Waals surface area (Å²) in [5.74, 6) is 1.73. The molecule has 1 aromatic carbocycles. The van der Waals surface area contributed by atoms with Crippen molar-refractivity contribution in [1.29, 1.82) is 0 Å². The summed E-state index contributed by atoms with van der Waals surface area (Å²) in [4.78, 5) is 8.07. The molecule has 0 bridgehead atoms. The summed E-state index contributed by atoms with van der Waals surface area (Å²) in [5.41, 5.74) is 5.94. The van der Waals surface area contributed by atoms with E-state index in [1.807, 2.05) is 13.8 Å². The lowest BCUT2D eigenvalue weighted by Crippen LogP contribution is -2.38. The number of H-pyrrole nitrogens is 1. The number of hydrogen-bond acceptors (Lipinski definition) is 3. The Morgan fingerprint density at radius 1 is 1.19 bits per heavy atom. The van der Waals surface area contributed by atoms with Crippen LogP contribution >= 0.6 is 0 Å². The number of nitrogens with zero attached hydrogens (tertiary/aromatic N) is 2. The Hall–Kier alpha value is -2.76. The minimum absolute atomic E-state index is 0.699. The van der Waals surface area contributed by atoms with Crippen LogP contribution in [0.4, 0.5) is 0 Å². The first kappa shape index (κ1) is 19.0. The highest BCUT2D eigenvalue weighted by atomic mass is 16.5. The van der Waals surface area contributed by atoms with Crippen LogP contribution in [0.2, 0.25) is 0 Å². The number of aryl methyl sites for hydroxylation is 3. The molecule has 3 rings (SSSR count). The van der Waals surface area contributed by atoms with E-state index in [4.69, 9.17) is 4.52 Å². The van der Waals surface area contributed by atoms with Crippen LogP contribution in [0, 0.1) is 20.8 Å². The fourth-order valence-corrected chi connectivity index (χ4v) is 3.37. The lowest BCUT2D eigenvalue weighted by Gasteiger charge is -2.11. The Labute approximate surface area is 160 Å². The first-order valence-corrected chi connectivity index (χ1v) is 9.59. The molecule has 27 heavy (non-hydrogen) atoms. The summed E-state index contributed by atoms with van der Waals surface area (Å²) >= 11 is 0. The van der Waals surface area contributed by atoms with Gasteiger partial charge in [-0.15, -0.1) is 0 Å². The highest BCUT2D eigenvalue weighted by molar-refractivity contribution is 5.86. The number of fused-ring (bicyclic) bond motifs is 1. The lowest BCUT2D eigenvalue weighted by atomic mass is 10.1. The monoisotopic (exact) mass is 367 g/mol. The van der Waals surface area contributed by atoms with Crippen molar-refractivity contribution in [2.75, 3.05) is 19.6 Å². The average Bonchev–Trinajstić information content (AvgIpc) is 3.21. The normalized spacial score (nSPS) is 11.9. The SMILES string of the molecule is CCNC(=NCCc1c(C)noc1C)NCCc1c[nH]c2c(C)cccc12. The second-order valence-corrected chi connectivity index (χ2v) is 6.80. The molecule has 144 valence electrons. The third-order valence-electron chi connectivity index (χ3n) is 4.85. The van der Waals surface area contributed by atoms with E-state index in [1.165, 1.54) is 22.0 Å². The first-order chi connectivity index (χ1) is 13.1. The van der Waals surface area contributed by atoms with E-state index in [1.54, 1.807) is 0 Å². The lowest BCUT2D eigenvalue weighted by molar-refractivity contribution is 0.392. The van der Waals surface area contributed by atoms with Gasteiger partial charge in [0.05, 0.1) is 5.69 Å². The van der Waals surface area contributed by atoms with Gasteiger partial charge in [-0.05, 0) is 51.7 Å². The van der Waals surface area contributed by atoms with Crippen molar-refractivity contribution in [2.24, 2.45) is 4.99 Å². The number of aliphatic imine (C=N–C) groups is 1. The van der Waals surface area contributed by atoms with Gasteiger partial charge in [0.15, 0.2) is 5.96 Å². The summed E-state index contributed by atoms with van der Waals surface area (Å²) in [5, 5.41) is 12.0. The number of benzene rings is 1. The highest BCUT2D eigenvalue weighted by Crippen LogP contribution is 2.21. The third kappa shape index (κ3) is 4.51. The Balaban J connectivity index is 1.57. The van der Waals surface area contributed by atoms with Crippen LogP contribution in [0.1, 0.15) is 35.1 Å². The van der Waals surface area contributed by atoms with E-state index in [9.17, 15) is 0 Å². The Bertz CT molecular complexity index is 902. The molecule has 6 heteroatoms. The van der Waals surface area contributed by atoms with Crippen molar-refractivity contribution in [3.05, 3.63) is 52.5 Å². The average molecular weight is 367 g/mol. The summed E-state index contributed by atoms with van der Waals surface area (Å²) < 4.78 is 5.22. The van der Waals surface area contributed by atoms with E-state index >= 15 is 0 Å².